The SMILES string of the molecule is CCNC(=NCc1ccccc1COc1ccccc1)NCCOCC.I. The van der Waals surface area contributed by atoms with Crippen LogP contribution in [0.15, 0.2) is 59.6 Å². The van der Waals surface area contributed by atoms with Crippen molar-refractivity contribution < 1.29 is 9.47 Å². The van der Waals surface area contributed by atoms with E-state index >= 15 is 0 Å². The highest BCUT2D eigenvalue weighted by atomic mass is 127. The number of para-hydroxylation sites is 1. The maximum atomic E-state index is 5.88. The Bertz CT molecular complexity index is 665. The van der Waals surface area contributed by atoms with E-state index in [2.05, 4.69) is 34.7 Å². The number of benzene rings is 2. The van der Waals surface area contributed by atoms with Gasteiger partial charge in [-0.15, -0.1) is 24.0 Å². The molecule has 0 amide bonds. The number of rotatable bonds is 10. The number of halogens is 1. The number of guanidine groups is 1. The lowest BCUT2D eigenvalue weighted by Gasteiger charge is -2.13. The first kappa shape index (κ1) is 23.2. The van der Waals surface area contributed by atoms with E-state index in [4.69, 9.17) is 9.47 Å². The second-order valence-electron chi connectivity index (χ2n) is 5.69. The molecule has 0 spiro atoms. The highest BCUT2D eigenvalue weighted by Crippen LogP contribution is 2.15. The molecule has 6 heteroatoms. The van der Waals surface area contributed by atoms with Crippen molar-refractivity contribution in [1.29, 1.82) is 0 Å². The van der Waals surface area contributed by atoms with E-state index in [1.807, 2.05) is 49.4 Å². The smallest absolute Gasteiger partial charge is 0.191 e. The topological polar surface area (TPSA) is 54.9 Å². The van der Waals surface area contributed by atoms with Gasteiger partial charge in [-0.05, 0) is 37.1 Å². The van der Waals surface area contributed by atoms with Gasteiger partial charge in [0, 0.05) is 19.7 Å². The minimum atomic E-state index is 0. The number of hydrogen-bond acceptors (Lipinski definition) is 3. The van der Waals surface area contributed by atoms with Gasteiger partial charge in [0.05, 0.1) is 13.2 Å². The standard InChI is InChI=1S/C21H29N3O2.HI/c1-3-22-21(23-14-15-25-4-2)24-16-18-10-8-9-11-19(18)17-26-20-12-6-5-7-13-20;/h5-13H,3-4,14-17H2,1-2H3,(H2,22,23,24);1H. The summed E-state index contributed by atoms with van der Waals surface area (Å²) in [5.74, 6) is 1.67. The van der Waals surface area contributed by atoms with Crippen molar-refractivity contribution in [1.82, 2.24) is 10.6 Å². The fraction of sp³-hybridized carbons (Fsp3) is 0.381. The largest absolute Gasteiger partial charge is 0.489 e. The van der Waals surface area contributed by atoms with Crippen LogP contribution >= 0.6 is 24.0 Å². The summed E-state index contributed by atoms with van der Waals surface area (Å²) in [7, 11) is 0. The number of nitrogens with one attached hydrogen (secondary N) is 2. The van der Waals surface area contributed by atoms with E-state index < -0.39 is 0 Å². The molecule has 2 aromatic rings. The third-order valence-corrected chi connectivity index (χ3v) is 3.75. The summed E-state index contributed by atoms with van der Waals surface area (Å²) in [5.41, 5.74) is 2.30. The number of ether oxygens (including phenoxy) is 2. The normalized spacial score (nSPS) is 10.8. The first-order chi connectivity index (χ1) is 12.8. The summed E-state index contributed by atoms with van der Waals surface area (Å²) in [6.45, 7) is 8.13. The zero-order chi connectivity index (χ0) is 18.5. The first-order valence-corrected chi connectivity index (χ1v) is 9.18. The van der Waals surface area contributed by atoms with Crippen LogP contribution in [-0.2, 0) is 17.9 Å². The van der Waals surface area contributed by atoms with Crippen LogP contribution in [-0.4, -0.2) is 32.3 Å². The lowest BCUT2D eigenvalue weighted by atomic mass is 10.1. The van der Waals surface area contributed by atoms with Crippen LogP contribution < -0.4 is 15.4 Å². The van der Waals surface area contributed by atoms with E-state index in [0.29, 0.717) is 19.8 Å². The van der Waals surface area contributed by atoms with E-state index in [0.717, 1.165) is 42.5 Å². The van der Waals surface area contributed by atoms with Gasteiger partial charge in [0.2, 0.25) is 0 Å². The maximum absolute atomic E-state index is 5.88. The van der Waals surface area contributed by atoms with Crippen LogP contribution in [0.3, 0.4) is 0 Å². The van der Waals surface area contributed by atoms with Crippen LogP contribution in [0, 0.1) is 0 Å². The van der Waals surface area contributed by atoms with Crippen molar-refractivity contribution >= 4 is 29.9 Å². The number of aliphatic imine (C=N–C) groups is 1. The fourth-order valence-electron chi connectivity index (χ4n) is 2.42. The van der Waals surface area contributed by atoms with E-state index in [-0.39, 0.29) is 24.0 Å². The Hall–Kier alpha value is -1.80. The molecule has 0 heterocycles. The third kappa shape index (κ3) is 9.10. The molecule has 148 valence electrons. The summed E-state index contributed by atoms with van der Waals surface area (Å²) in [6, 6.07) is 18.1. The van der Waals surface area contributed by atoms with Gasteiger partial charge < -0.3 is 20.1 Å². The van der Waals surface area contributed by atoms with Gasteiger partial charge in [-0.25, -0.2) is 4.99 Å². The molecule has 2 N–H and O–H groups in total. The Labute approximate surface area is 179 Å². The molecule has 0 saturated heterocycles. The molecule has 2 rings (SSSR count). The van der Waals surface area contributed by atoms with Crippen molar-refractivity contribution in [2.45, 2.75) is 27.0 Å². The Morgan fingerprint density at radius 1 is 0.926 bits per heavy atom. The summed E-state index contributed by atoms with van der Waals surface area (Å²) in [6.07, 6.45) is 0. The maximum Gasteiger partial charge on any atom is 0.191 e. The van der Waals surface area contributed by atoms with E-state index in [1.54, 1.807) is 0 Å². The summed E-state index contributed by atoms with van der Waals surface area (Å²) < 4.78 is 11.2. The highest BCUT2D eigenvalue weighted by Gasteiger charge is 2.04. The van der Waals surface area contributed by atoms with Crippen molar-refractivity contribution in [3.8, 4) is 5.75 Å². The molecule has 0 aliphatic carbocycles. The molecule has 0 fully saturated rings. The summed E-state index contributed by atoms with van der Waals surface area (Å²) in [5, 5.41) is 6.54. The molecule has 2 aromatic carbocycles. The quantitative estimate of drug-likeness (QED) is 0.233. The Kier molecular flexibility index (Phi) is 12.3. The number of hydrogen-bond donors (Lipinski definition) is 2. The molecule has 0 aliphatic rings. The molecule has 0 saturated carbocycles. The molecular formula is C21H30IN3O2. The van der Waals surface area contributed by atoms with Gasteiger partial charge >= 0.3 is 0 Å². The van der Waals surface area contributed by atoms with Crippen molar-refractivity contribution in [3.63, 3.8) is 0 Å². The second-order valence-corrected chi connectivity index (χ2v) is 5.69. The zero-order valence-electron chi connectivity index (χ0n) is 16.1. The van der Waals surface area contributed by atoms with Crippen LogP contribution in [0.25, 0.3) is 0 Å². The fourth-order valence-corrected chi connectivity index (χ4v) is 2.42. The van der Waals surface area contributed by atoms with Crippen LogP contribution in [0.5, 0.6) is 5.75 Å². The summed E-state index contributed by atoms with van der Waals surface area (Å²) >= 11 is 0. The molecule has 0 radical (unpaired) electrons. The minimum absolute atomic E-state index is 0. The van der Waals surface area contributed by atoms with Gasteiger partial charge in [0.1, 0.15) is 12.4 Å². The predicted octanol–water partition coefficient (Wildman–Crippen LogP) is 3.98. The zero-order valence-corrected chi connectivity index (χ0v) is 18.4. The molecule has 0 bridgehead atoms. The molecule has 0 atom stereocenters. The lowest BCUT2D eigenvalue weighted by molar-refractivity contribution is 0.152. The van der Waals surface area contributed by atoms with Gasteiger partial charge in [0.15, 0.2) is 5.96 Å². The van der Waals surface area contributed by atoms with Gasteiger partial charge in [-0.2, -0.15) is 0 Å². The van der Waals surface area contributed by atoms with E-state index in [1.165, 1.54) is 0 Å². The monoisotopic (exact) mass is 483 g/mol. The Balaban J connectivity index is 0.00000364. The first-order valence-electron chi connectivity index (χ1n) is 9.18. The molecule has 5 nitrogen and oxygen atoms in total. The molecule has 0 unspecified atom stereocenters. The molecule has 0 aromatic heterocycles. The van der Waals surface area contributed by atoms with Crippen LogP contribution in [0.4, 0.5) is 0 Å². The van der Waals surface area contributed by atoms with Crippen molar-refractivity contribution in [3.05, 3.63) is 65.7 Å². The molecule has 27 heavy (non-hydrogen) atoms. The van der Waals surface area contributed by atoms with Crippen LogP contribution in [0.2, 0.25) is 0 Å². The van der Waals surface area contributed by atoms with Gasteiger partial charge in [-0.1, -0.05) is 42.5 Å². The highest BCUT2D eigenvalue weighted by molar-refractivity contribution is 14.0. The van der Waals surface area contributed by atoms with Gasteiger partial charge in [0.25, 0.3) is 0 Å². The lowest BCUT2D eigenvalue weighted by Crippen LogP contribution is -2.39. The van der Waals surface area contributed by atoms with Gasteiger partial charge in [-0.3, -0.25) is 0 Å². The van der Waals surface area contributed by atoms with Crippen LogP contribution in [0.1, 0.15) is 25.0 Å². The minimum Gasteiger partial charge on any atom is -0.489 e. The Morgan fingerprint density at radius 3 is 2.33 bits per heavy atom. The average Bonchev–Trinajstić information content (AvgIpc) is 2.69. The van der Waals surface area contributed by atoms with E-state index in [9.17, 15) is 0 Å². The second kappa shape index (κ2) is 14.3. The summed E-state index contributed by atoms with van der Waals surface area (Å²) in [4.78, 5) is 4.68. The van der Waals surface area contributed by atoms with Crippen molar-refractivity contribution in [2.24, 2.45) is 4.99 Å². The predicted molar refractivity (Wildman–Crippen MR) is 122 cm³/mol. The van der Waals surface area contributed by atoms with Crippen molar-refractivity contribution in [2.75, 3.05) is 26.3 Å². The average molecular weight is 483 g/mol. The number of nitrogens with zero attached hydrogens (tertiary/aromatic N) is 1. The Morgan fingerprint density at radius 2 is 1.63 bits per heavy atom. The third-order valence-electron chi connectivity index (χ3n) is 3.75. The molecule has 0 aliphatic heterocycles. The molecular weight excluding hydrogens is 453 g/mol.